The highest BCUT2D eigenvalue weighted by Gasteiger charge is 2.02. The summed E-state index contributed by atoms with van der Waals surface area (Å²) in [6.07, 6.45) is 1.27. The Hall–Kier alpha value is 0.480. The molecule has 0 aliphatic rings. The van der Waals surface area contributed by atoms with Crippen molar-refractivity contribution in [2.75, 3.05) is 17.8 Å². The predicted molar refractivity (Wildman–Crippen MR) is 67.9 cm³/mol. The Balaban J connectivity index is 2.23. The van der Waals surface area contributed by atoms with Gasteiger partial charge >= 0.3 is 0 Å². The van der Waals surface area contributed by atoms with E-state index in [-0.39, 0.29) is 5.75 Å². The van der Waals surface area contributed by atoms with Gasteiger partial charge in [-0.2, -0.15) is 11.8 Å². The molecule has 0 aromatic carbocycles. The summed E-state index contributed by atoms with van der Waals surface area (Å²) in [6, 6.07) is 4.07. The van der Waals surface area contributed by atoms with E-state index in [0.717, 1.165) is 9.54 Å². The van der Waals surface area contributed by atoms with Crippen LogP contribution in [0.3, 0.4) is 0 Å². The van der Waals surface area contributed by atoms with Crippen molar-refractivity contribution in [2.45, 2.75) is 5.75 Å². The second-order valence-electron chi connectivity index (χ2n) is 2.89. The zero-order valence-electron chi connectivity index (χ0n) is 7.70. The maximum atomic E-state index is 10.8. The van der Waals surface area contributed by atoms with Crippen LogP contribution in [0.2, 0.25) is 0 Å². The monoisotopic (exact) mass is 314 g/mol. The van der Waals surface area contributed by atoms with Crippen molar-refractivity contribution >= 4 is 48.9 Å². The molecule has 1 rings (SSSR count). The van der Waals surface area contributed by atoms with Gasteiger partial charge in [0.1, 0.15) is 9.84 Å². The van der Waals surface area contributed by atoms with E-state index in [2.05, 4.69) is 22.0 Å². The van der Waals surface area contributed by atoms with Crippen LogP contribution in [0.5, 0.6) is 0 Å². The molecule has 0 atom stereocenters. The quantitative estimate of drug-likeness (QED) is 0.784. The van der Waals surface area contributed by atoms with E-state index < -0.39 is 9.84 Å². The van der Waals surface area contributed by atoms with Crippen molar-refractivity contribution in [2.24, 2.45) is 0 Å². The minimum atomic E-state index is -2.80. The standard InChI is InChI=1S/C8H11BrO2S3/c1-14(10,11)5-4-12-6-7-2-3-8(9)13-7/h2-3H,4-6H2,1H3. The van der Waals surface area contributed by atoms with Crippen LogP contribution >= 0.6 is 39.0 Å². The van der Waals surface area contributed by atoms with Gasteiger partial charge in [0, 0.05) is 22.6 Å². The van der Waals surface area contributed by atoms with E-state index in [4.69, 9.17) is 0 Å². The van der Waals surface area contributed by atoms with Gasteiger partial charge in [-0.25, -0.2) is 8.42 Å². The fraction of sp³-hybridized carbons (Fsp3) is 0.500. The van der Waals surface area contributed by atoms with Gasteiger partial charge in [-0.15, -0.1) is 11.3 Å². The van der Waals surface area contributed by atoms with Crippen LogP contribution in [0.1, 0.15) is 4.88 Å². The minimum Gasteiger partial charge on any atom is -0.229 e. The minimum absolute atomic E-state index is 0.268. The van der Waals surface area contributed by atoms with Crippen molar-refractivity contribution in [1.29, 1.82) is 0 Å². The Morgan fingerprint density at radius 2 is 2.21 bits per heavy atom. The van der Waals surface area contributed by atoms with Crippen LogP contribution in [-0.4, -0.2) is 26.2 Å². The van der Waals surface area contributed by atoms with E-state index in [9.17, 15) is 8.42 Å². The van der Waals surface area contributed by atoms with Crippen LogP contribution in [-0.2, 0) is 15.6 Å². The molecular formula is C8H11BrO2S3. The lowest BCUT2D eigenvalue weighted by atomic mass is 10.5. The van der Waals surface area contributed by atoms with Crippen LogP contribution in [0.4, 0.5) is 0 Å². The summed E-state index contributed by atoms with van der Waals surface area (Å²) in [7, 11) is -2.80. The van der Waals surface area contributed by atoms with Gasteiger partial charge in [0.15, 0.2) is 0 Å². The summed E-state index contributed by atoms with van der Waals surface area (Å²) >= 11 is 6.74. The summed E-state index contributed by atoms with van der Waals surface area (Å²) in [5.74, 6) is 1.84. The normalized spacial score (nSPS) is 11.9. The van der Waals surface area contributed by atoms with E-state index >= 15 is 0 Å². The molecule has 0 aliphatic carbocycles. The van der Waals surface area contributed by atoms with Crippen molar-refractivity contribution in [3.05, 3.63) is 20.8 Å². The summed E-state index contributed by atoms with van der Waals surface area (Å²) in [4.78, 5) is 1.27. The first-order valence-corrected chi connectivity index (χ1v) is 8.79. The highest BCUT2D eigenvalue weighted by atomic mass is 79.9. The van der Waals surface area contributed by atoms with Crippen LogP contribution < -0.4 is 0 Å². The smallest absolute Gasteiger partial charge is 0.148 e. The molecule has 0 amide bonds. The lowest BCUT2D eigenvalue weighted by molar-refractivity contribution is 0.603. The average molecular weight is 315 g/mol. The molecule has 0 fully saturated rings. The van der Waals surface area contributed by atoms with Crippen LogP contribution in [0.25, 0.3) is 0 Å². The molecule has 0 saturated carbocycles. The van der Waals surface area contributed by atoms with Crippen LogP contribution in [0, 0.1) is 0 Å². The zero-order valence-corrected chi connectivity index (χ0v) is 11.7. The molecule has 0 aliphatic heterocycles. The van der Waals surface area contributed by atoms with Crippen molar-refractivity contribution in [1.82, 2.24) is 0 Å². The van der Waals surface area contributed by atoms with Crippen LogP contribution in [0.15, 0.2) is 15.9 Å². The van der Waals surface area contributed by atoms with E-state index in [1.165, 1.54) is 11.1 Å². The Labute approximate surface area is 101 Å². The third-order valence-electron chi connectivity index (χ3n) is 1.47. The molecule has 14 heavy (non-hydrogen) atoms. The number of hydrogen-bond acceptors (Lipinski definition) is 4. The Bertz CT molecular complexity index is 383. The topological polar surface area (TPSA) is 34.1 Å². The molecule has 0 spiro atoms. The zero-order chi connectivity index (χ0) is 10.6. The number of sulfone groups is 1. The molecule has 0 N–H and O–H groups in total. The lowest BCUT2D eigenvalue weighted by Gasteiger charge is -1.97. The molecule has 0 saturated heterocycles. The molecule has 0 bridgehead atoms. The van der Waals surface area contributed by atoms with Gasteiger partial charge in [0.05, 0.1) is 9.54 Å². The predicted octanol–water partition coefficient (Wildman–Crippen LogP) is 2.79. The van der Waals surface area contributed by atoms with Gasteiger partial charge < -0.3 is 0 Å². The van der Waals surface area contributed by atoms with Gasteiger partial charge in [-0.05, 0) is 28.1 Å². The summed E-state index contributed by atoms with van der Waals surface area (Å²) in [6.45, 7) is 0. The second kappa shape index (κ2) is 5.53. The van der Waals surface area contributed by atoms with Gasteiger partial charge in [0.25, 0.3) is 0 Å². The average Bonchev–Trinajstić information content (AvgIpc) is 2.44. The Morgan fingerprint density at radius 3 is 2.71 bits per heavy atom. The molecule has 1 aromatic heterocycles. The number of thiophene rings is 1. The largest absolute Gasteiger partial charge is 0.229 e. The van der Waals surface area contributed by atoms with E-state index in [1.54, 1.807) is 23.1 Å². The fourth-order valence-corrected chi connectivity index (χ4v) is 4.70. The number of hydrogen-bond donors (Lipinski definition) is 0. The summed E-state index contributed by atoms with van der Waals surface area (Å²) in [5.41, 5.74) is 0. The first-order valence-electron chi connectivity index (χ1n) is 3.97. The molecule has 1 heterocycles. The van der Waals surface area contributed by atoms with Crippen molar-refractivity contribution in [3.8, 4) is 0 Å². The lowest BCUT2D eigenvalue weighted by Crippen LogP contribution is -2.04. The first kappa shape index (κ1) is 12.5. The third-order valence-corrected chi connectivity index (χ3v) is 5.49. The maximum absolute atomic E-state index is 10.8. The highest BCUT2D eigenvalue weighted by Crippen LogP contribution is 2.25. The van der Waals surface area contributed by atoms with Gasteiger partial charge in [0.2, 0.25) is 0 Å². The maximum Gasteiger partial charge on any atom is 0.148 e. The van der Waals surface area contributed by atoms with E-state index in [1.807, 2.05) is 6.07 Å². The van der Waals surface area contributed by atoms with Gasteiger partial charge in [-0.3, -0.25) is 0 Å². The van der Waals surface area contributed by atoms with Crippen molar-refractivity contribution in [3.63, 3.8) is 0 Å². The molecular weight excluding hydrogens is 304 g/mol. The second-order valence-corrected chi connectivity index (χ2v) is 8.80. The SMILES string of the molecule is CS(=O)(=O)CCSCc1ccc(Br)s1. The molecule has 1 aromatic rings. The number of rotatable bonds is 5. The fourth-order valence-electron chi connectivity index (χ4n) is 0.812. The number of halogens is 1. The van der Waals surface area contributed by atoms with Crippen molar-refractivity contribution < 1.29 is 8.42 Å². The molecule has 0 unspecified atom stereocenters. The number of thioether (sulfide) groups is 1. The Kier molecular flexibility index (Phi) is 4.96. The summed E-state index contributed by atoms with van der Waals surface area (Å²) < 4.78 is 22.8. The van der Waals surface area contributed by atoms with E-state index in [0.29, 0.717) is 5.75 Å². The Morgan fingerprint density at radius 1 is 1.50 bits per heavy atom. The molecule has 6 heteroatoms. The molecule has 0 radical (unpaired) electrons. The van der Waals surface area contributed by atoms with Gasteiger partial charge in [-0.1, -0.05) is 0 Å². The highest BCUT2D eigenvalue weighted by molar-refractivity contribution is 9.11. The molecule has 80 valence electrons. The molecule has 2 nitrogen and oxygen atoms in total. The third kappa shape index (κ3) is 5.38. The summed E-state index contributed by atoms with van der Waals surface area (Å²) in [5, 5.41) is 0. The first-order chi connectivity index (χ1) is 6.47.